The fourth-order valence-electron chi connectivity index (χ4n) is 3.19. The third-order valence-electron chi connectivity index (χ3n) is 4.21. The molecule has 0 aromatic heterocycles. The van der Waals surface area contributed by atoms with Crippen molar-refractivity contribution in [2.24, 2.45) is 0 Å². The lowest BCUT2D eigenvalue weighted by atomic mass is 9.89. The first-order chi connectivity index (χ1) is 10.8. The van der Waals surface area contributed by atoms with Gasteiger partial charge in [0, 0.05) is 6.54 Å². The topological polar surface area (TPSA) is 39.7 Å². The van der Waals surface area contributed by atoms with Crippen LogP contribution in [-0.4, -0.2) is 19.9 Å². The van der Waals surface area contributed by atoms with Crippen molar-refractivity contribution in [2.45, 2.75) is 19.4 Å². The molecule has 1 unspecified atom stereocenters. The van der Waals surface area contributed by atoms with Gasteiger partial charge >= 0.3 is 0 Å². The smallest absolute Gasteiger partial charge is 0.231 e. The van der Waals surface area contributed by atoms with Gasteiger partial charge in [0.1, 0.15) is 5.75 Å². The highest BCUT2D eigenvalue weighted by Crippen LogP contribution is 2.37. The largest absolute Gasteiger partial charge is 0.494 e. The number of ether oxygens (including phenoxy) is 3. The summed E-state index contributed by atoms with van der Waals surface area (Å²) in [6.07, 6.45) is 1.03. The summed E-state index contributed by atoms with van der Waals surface area (Å²) in [6.45, 7) is 3.98. The van der Waals surface area contributed by atoms with Crippen molar-refractivity contribution in [2.75, 3.05) is 19.9 Å². The normalized spacial score (nSPS) is 18.9. The zero-order valence-electron chi connectivity index (χ0n) is 12.6. The maximum atomic E-state index is 5.62. The summed E-state index contributed by atoms with van der Waals surface area (Å²) < 4.78 is 16.5. The first-order valence-electron chi connectivity index (χ1n) is 7.73. The van der Waals surface area contributed by atoms with Crippen LogP contribution in [0, 0.1) is 0 Å². The molecule has 2 aromatic carbocycles. The lowest BCUT2D eigenvalue weighted by molar-refractivity contribution is 0.174. The van der Waals surface area contributed by atoms with Crippen LogP contribution in [0.3, 0.4) is 0 Å². The lowest BCUT2D eigenvalue weighted by Crippen LogP contribution is -2.30. The zero-order valence-corrected chi connectivity index (χ0v) is 12.6. The summed E-state index contributed by atoms with van der Waals surface area (Å²) in [5.74, 6) is 2.61. The molecule has 0 saturated carbocycles. The van der Waals surface area contributed by atoms with E-state index in [1.165, 1.54) is 16.7 Å². The standard InChI is InChI=1S/C18H19NO3/c1-2-20-14-4-5-15-12(9-14)7-8-19-18(15)13-3-6-16-17(10-13)22-11-21-16/h3-6,9-10,18-19H,2,7-8,11H2,1H3. The van der Waals surface area contributed by atoms with Crippen LogP contribution < -0.4 is 19.5 Å². The van der Waals surface area contributed by atoms with Gasteiger partial charge < -0.3 is 19.5 Å². The van der Waals surface area contributed by atoms with Gasteiger partial charge in [0.2, 0.25) is 6.79 Å². The van der Waals surface area contributed by atoms with Gasteiger partial charge in [0.15, 0.2) is 11.5 Å². The molecule has 0 bridgehead atoms. The minimum absolute atomic E-state index is 0.189. The van der Waals surface area contributed by atoms with E-state index in [-0.39, 0.29) is 6.04 Å². The number of hydrogen-bond donors (Lipinski definition) is 1. The molecule has 0 fully saturated rings. The van der Waals surface area contributed by atoms with Gasteiger partial charge in [0.05, 0.1) is 12.6 Å². The molecule has 0 aliphatic carbocycles. The number of benzene rings is 2. The monoisotopic (exact) mass is 297 g/mol. The van der Waals surface area contributed by atoms with Crippen LogP contribution in [0.4, 0.5) is 0 Å². The van der Waals surface area contributed by atoms with E-state index in [1.54, 1.807) is 0 Å². The van der Waals surface area contributed by atoms with Crippen LogP contribution in [0.5, 0.6) is 17.2 Å². The van der Waals surface area contributed by atoms with Crippen molar-refractivity contribution in [3.05, 3.63) is 53.1 Å². The van der Waals surface area contributed by atoms with Gasteiger partial charge in [0.25, 0.3) is 0 Å². The molecular formula is C18H19NO3. The third kappa shape index (κ3) is 2.29. The summed E-state index contributed by atoms with van der Waals surface area (Å²) >= 11 is 0. The van der Waals surface area contributed by atoms with Gasteiger partial charge in [-0.2, -0.15) is 0 Å². The van der Waals surface area contributed by atoms with Crippen LogP contribution >= 0.6 is 0 Å². The Morgan fingerprint density at radius 3 is 2.95 bits per heavy atom. The number of rotatable bonds is 3. The Balaban J connectivity index is 1.70. The fraction of sp³-hybridized carbons (Fsp3) is 0.333. The van der Waals surface area contributed by atoms with Crippen molar-refractivity contribution in [1.29, 1.82) is 0 Å². The second-order valence-corrected chi connectivity index (χ2v) is 5.54. The molecule has 0 saturated heterocycles. The van der Waals surface area contributed by atoms with E-state index < -0.39 is 0 Å². The van der Waals surface area contributed by atoms with E-state index in [0.717, 1.165) is 30.2 Å². The number of hydrogen-bond acceptors (Lipinski definition) is 4. The summed E-state index contributed by atoms with van der Waals surface area (Å²) in [6, 6.07) is 12.7. The Kier molecular flexibility index (Phi) is 3.39. The van der Waals surface area contributed by atoms with Gasteiger partial charge in [-0.25, -0.2) is 0 Å². The summed E-state index contributed by atoms with van der Waals surface area (Å²) in [4.78, 5) is 0. The molecule has 114 valence electrons. The van der Waals surface area contributed by atoms with Crippen LogP contribution in [0.25, 0.3) is 0 Å². The molecule has 4 nitrogen and oxygen atoms in total. The van der Waals surface area contributed by atoms with E-state index in [0.29, 0.717) is 13.4 Å². The molecular weight excluding hydrogens is 278 g/mol. The van der Waals surface area contributed by atoms with Crippen LogP contribution in [0.2, 0.25) is 0 Å². The number of fused-ring (bicyclic) bond motifs is 2. The Labute approximate surface area is 130 Å². The predicted octanol–water partition coefficient (Wildman–Crippen LogP) is 3.05. The van der Waals surface area contributed by atoms with Crippen LogP contribution in [-0.2, 0) is 6.42 Å². The fourth-order valence-corrected chi connectivity index (χ4v) is 3.19. The summed E-state index contributed by atoms with van der Waals surface area (Å²) in [5, 5.41) is 3.60. The average molecular weight is 297 g/mol. The SMILES string of the molecule is CCOc1ccc2c(c1)CCNC2c1ccc2c(c1)OCO2. The second-order valence-electron chi connectivity index (χ2n) is 5.54. The van der Waals surface area contributed by atoms with Crippen molar-refractivity contribution in [3.8, 4) is 17.2 Å². The van der Waals surface area contributed by atoms with Crippen molar-refractivity contribution >= 4 is 0 Å². The predicted molar refractivity (Wildman–Crippen MR) is 83.7 cm³/mol. The first-order valence-corrected chi connectivity index (χ1v) is 7.73. The Bertz CT molecular complexity index is 699. The lowest BCUT2D eigenvalue weighted by Gasteiger charge is -2.28. The van der Waals surface area contributed by atoms with Gasteiger partial charge in [-0.05, 0) is 54.3 Å². The second kappa shape index (κ2) is 5.54. The molecule has 0 radical (unpaired) electrons. The molecule has 0 amide bonds. The Morgan fingerprint density at radius 2 is 2.05 bits per heavy atom. The molecule has 2 heterocycles. The summed E-state index contributed by atoms with van der Waals surface area (Å²) in [7, 11) is 0. The quantitative estimate of drug-likeness (QED) is 0.945. The van der Waals surface area contributed by atoms with Crippen molar-refractivity contribution < 1.29 is 14.2 Å². The Morgan fingerprint density at radius 1 is 1.14 bits per heavy atom. The highest BCUT2D eigenvalue weighted by Gasteiger charge is 2.24. The average Bonchev–Trinajstić information content (AvgIpc) is 3.02. The van der Waals surface area contributed by atoms with Crippen molar-refractivity contribution in [3.63, 3.8) is 0 Å². The highest BCUT2D eigenvalue weighted by atomic mass is 16.7. The van der Waals surface area contributed by atoms with E-state index in [2.05, 4.69) is 35.6 Å². The minimum Gasteiger partial charge on any atom is -0.494 e. The molecule has 1 atom stereocenters. The molecule has 1 N–H and O–H groups in total. The molecule has 4 rings (SSSR count). The maximum absolute atomic E-state index is 5.62. The molecule has 2 aliphatic heterocycles. The molecule has 4 heteroatoms. The van der Waals surface area contributed by atoms with E-state index in [1.807, 2.05) is 13.0 Å². The van der Waals surface area contributed by atoms with Gasteiger partial charge in [-0.15, -0.1) is 0 Å². The van der Waals surface area contributed by atoms with Crippen LogP contribution in [0.1, 0.15) is 29.7 Å². The van der Waals surface area contributed by atoms with Crippen molar-refractivity contribution in [1.82, 2.24) is 5.32 Å². The molecule has 2 aromatic rings. The third-order valence-corrected chi connectivity index (χ3v) is 4.21. The molecule has 22 heavy (non-hydrogen) atoms. The molecule has 0 spiro atoms. The van der Waals surface area contributed by atoms with E-state index >= 15 is 0 Å². The molecule has 2 aliphatic rings. The van der Waals surface area contributed by atoms with Crippen LogP contribution in [0.15, 0.2) is 36.4 Å². The van der Waals surface area contributed by atoms with E-state index in [9.17, 15) is 0 Å². The van der Waals surface area contributed by atoms with E-state index in [4.69, 9.17) is 14.2 Å². The number of nitrogens with one attached hydrogen (secondary N) is 1. The highest BCUT2D eigenvalue weighted by molar-refractivity contribution is 5.49. The maximum Gasteiger partial charge on any atom is 0.231 e. The minimum atomic E-state index is 0.189. The Hall–Kier alpha value is -2.20. The zero-order chi connectivity index (χ0) is 14.9. The van der Waals surface area contributed by atoms with Gasteiger partial charge in [-0.3, -0.25) is 0 Å². The summed E-state index contributed by atoms with van der Waals surface area (Å²) in [5.41, 5.74) is 3.87. The van der Waals surface area contributed by atoms with Gasteiger partial charge in [-0.1, -0.05) is 12.1 Å². The first kappa shape index (κ1) is 13.5.